The number of aromatic nitrogens is 1. The number of carboxylic acid groups (broad SMARTS) is 1. The van der Waals surface area contributed by atoms with Gasteiger partial charge in [-0.2, -0.15) is 0 Å². The fourth-order valence-electron chi connectivity index (χ4n) is 4.17. The summed E-state index contributed by atoms with van der Waals surface area (Å²) >= 11 is 1.41. The minimum absolute atomic E-state index is 0.204. The average Bonchev–Trinajstić information content (AvgIpc) is 3.31. The smallest absolute Gasteiger partial charge is 0.335 e. The van der Waals surface area contributed by atoms with E-state index >= 15 is 0 Å². The number of thiazole rings is 1. The van der Waals surface area contributed by atoms with Gasteiger partial charge in [0, 0.05) is 43.1 Å². The molecule has 3 aromatic carbocycles. The third-order valence-electron chi connectivity index (χ3n) is 6.08. The highest BCUT2D eigenvalue weighted by Crippen LogP contribution is 2.32. The van der Waals surface area contributed by atoms with Gasteiger partial charge in [-0.25, -0.2) is 9.78 Å². The maximum atomic E-state index is 12.8. The topological polar surface area (TPSA) is 95.0 Å². The van der Waals surface area contributed by atoms with Gasteiger partial charge in [0.05, 0.1) is 17.4 Å². The number of hydrogen-bond donors (Lipinski definition) is 2. The summed E-state index contributed by atoms with van der Waals surface area (Å²) in [4.78, 5) is 32.9. The molecule has 1 aliphatic heterocycles. The molecule has 9 heteroatoms. The number of aromatic carboxylic acids is 1. The molecule has 178 valence electrons. The van der Waals surface area contributed by atoms with Crippen LogP contribution in [0.2, 0.25) is 0 Å². The second-order valence-electron chi connectivity index (χ2n) is 8.15. The van der Waals surface area contributed by atoms with Crippen molar-refractivity contribution < 1.29 is 19.4 Å². The summed E-state index contributed by atoms with van der Waals surface area (Å²) in [5.74, 6) is -0.441. The van der Waals surface area contributed by atoms with Crippen molar-refractivity contribution in [1.29, 1.82) is 0 Å². The summed E-state index contributed by atoms with van der Waals surface area (Å²) in [6.07, 6.45) is 0. The Hall–Kier alpha value is -4.11. The zero-order valence-corrected chi connectivity index (χ0v) is 19.9. The van der Waals surface area contributed by atoms with Gasteiger partial charge < -0.3 is 19.6 Å². The summed E-state index contributed by atoms with van der Waals surface area (Å²) in [6, 6.07) is 20.3. The van der Waals surface area contributed by atoms with Crippen molar-refractivity contribution in [3.05, 3.63) is 77.9 Å². The van der Waals surface area contributed by atoms with Gasteiger partial charge >= 0.3 is 5.97 Å². The first-order valence-electron chi connectivity index (χ1n) is 11.2. The van der Waals surface area contributed by atoms with Gasteiger partial charge in [0.15, 0.2) is 5.13 Å². The summed E-state index contributed by atoms with van der Waals surface area (Å²) in [6.45, 7) is 3.32. The molecule has 0 saturated carbocycles. The van der Waals surface area contributed by atoms with Gasteiger partial charge in [-0.15, -0.1) is 0 Å². The molecule has 2 heterocycles. The van der Waals surface area contributed by atoms with E-state index in [9.17, 15) is 9.59 Å². The van der Waals surface area contributed by atoms with Crippen LogP contribution in [-0.2, 0) is 0 Å². The van der Waals surface area contributed by atoms with Gasteiger partial charge in [-0.3, -0.25) is 10.1 Å². The standard InChI is InChI=1S/C26H24N4O4S/c1-34-21-3-2-4-22-23(21)27-26(35-22)28-24(31)17-5-9-19(10-6-17)29-13-15-30(16-14-29)20-11-7-18(8-12-20)25(32)33/h2-12H,13-16H2,1H3,(H,32,33)(H,27,28,31). The highest BCUT2D eigenvalue weighted by atomic mass is 32.1. The Bertz CT molecular complexity index is 1360. The number of nitrogens with zero attached hydrogens (tertiary/aromatic N) is 3. The Morgan fingerprint density at radius 2 is 1.46 bits per heavy atom. The molecule has 1 aromatic heterocycles. The largest absolute Gasteiger partial charge is 0.494 e. The van der Waals surface area contributed by atoms with E-state index in [0.29, 0.717) is 22.0 Å². The molecule has 1 amide bonds. The average molecular weight is 489 g/mol. The van der Waals surface area contributed by atoms with Crippen molar-refractivity contribution in [2.24, 2.45) is 0 Å². The minimum Gasteiger partial charge on any atom is -0.494 e. The van der Waals surface area contributed by atoms with E-state index in [-0.39, 0.29) is 5.91 Å². The number of nitrogens with one attached hydrogen (secondary N) is 1. The number of rotatable bonds is 6. The molecule has 2 N–H and O–H groups in total. The molecule has 8 nitrogen and oxygen atoms in total. The van der Waals surface area contributed by atoms with Crippen LogP contribution in [0.1, 0.15) is 20.7 Å². The van der Waals surface area contributed by atoms with E-state index in [1.807, 2.05) is 54.6 Å². The molecule has 0 bridgehead atoms. The molecule has 1 fully saturated rings. The Morgan fingerprint density at radius 1 is 0.886 bits per heavy atom. The quantitative estimate of drug-likeness (QED) is 0.410. The van der Waals surface area contributed by atoms with Crippen molar-refractivity contribution in [3.63, 3.8) is 0 Å². The van der Waals surface area contributed by atoms with E-state index < -0.39 is 5.97 Å². The molecule has 0 radical (unpaired) electrons. The van der Waals surface area contributed by atoms with Gasteiger partial charge in [-0.05, 0) is 60.7 Å². The van der Waals surface area contributed by atoms with E-state index in [4.69, 9.17) is 9.84 Å². The summed E-state index contributed by atoms with van der Waals surface area (Å²) in [5.41, 5.74) is 3.68. The van der Waals surface area contributed by atoms with Crippen molar-refractivity contribution in [3.8, 4) is 5.75 Å². The molecular weight excluding hydrogens is 464 g/mol. The zero-order valence-electron chi connectivity index (χ0n) is 19.1. The highest BCUT2D eigenvalue weighted by molar-refractivity contribution is 7.22. The first kappa shape index (κ1) is 22.7. The predicted molar refractivity (Wildman–Crippen MR) is 138 cm³/mol. The number of para-hydroxylation sites is 1. The Labute approximate surface area is 206 Å². The number of amides is 1. The fraction of sp³-hybridized carbons (Fsp3) is 0.192. The van der Waals surface area contributed by atoms with E-state index in [1.54, 1.807) is 19.2 Å². The Morgan fingerprint density at radius 3 is 2.00 bits per heavy atom. The number of benzene rings is 3. The highest BCUT2D eigenvalue weighted by Gasteiger charge is 2.19. The van der Waals surface area contributed by atoms with Crippen molar-refractivity contribution in [2.75, 3.05) is 48.4 Å². The van der Waals surface area contributed by atoms with Crippen LogP contribution in [0.3, 0.4) is 0 Å². The number of anilines is 3. The lowest BCUT2D eigenvalue weighted by Gasteiger charge is -2.37. The number of hydrogen-bond acceptors (Lipinski definition) is 7. The summed E-state index contributed by atoms with van der Waals surface area (Å²) in [7, 11) is 1.60. The van der Waals surface area contributed by atoms with E-state index in [2.05, 4.69) is 20.1 Å². The molecular formula is C26H24N4O4S. The first-order valence-corrected chi connectivity index (χ1v) is 12.0. The predicted octanol–water partition coefficient (Wildman–Crippen LogP) is 4.58. The monoisotopic (exact) mass is 488 g/mol. The van der Waals surface area contributed by atoms with Gasteiger partial charge in [0.1, 0.15) is 11.3 Å². The maximum Gasteiger partial charge on any atom is 0.335 e. The van der Waals surface area contributed by atoms with Crippen LogP contribution in [0.15, 0.2) is 66.7 Å². The molecule has 5 rings (SSSR count). The minimum atomic E-state index is -0.918. The lowest BCUT2D eigenvalue weighted by molar-refractivity contribution is 0.0696. The molecule has 0 unspecified atom stereocenters. The fourth-order valence-corrected chi connectivity index (χ4v) is 5.05. The van der Waals surface area contributed by atoms with Crippen LogP contribution in [0, 0.1) is 0 Å². The number of carbonyl (C=O) groups excluding carboxylic acids is 1. The molecule has 4 aromatic rings. The maximum absolute atomic E-state index is 12.8. The number of piperazine rings is 1. The van der Waals surface area contributed by atoms with Crippen molar-refractivity contribution in [1.82, 2.24) is 4.98 Å². The van der Waals surface area contributed by atoms with Crippen LogP contribution in [0.4, 0.5) is 16.5 Å². The molecule has 0 spiro atoms. The second-order valence-corrected chi connectivity index (χ2v) is 9.18. The van der Waals surface area contributed by atoms with Crippen LogP contribution in [0.5, 0.6) is 5.75 Å². The number of fused-ring (bicyclic) bond motifs is 1. The van der Waals surface area contributed by atoms with Crippen LogP contribution < -0.4 is 19.9 Å². The molecule has 0 atom stereocenters. The lowest BCUT2D eigenvalue weighted by Crippen LogP contribution is -2.46. The van der Waals surface area contributed by atoms with Crippen LogP contribution >= 0.6 is 11.3 Å². The van der Waals surface area contributed by atoms with Crippen LogP contribution in [-0.4, -0.2) is 55.3 Å². The summed E-state index contributed by atoms with van der Waals surface area (Å²) in [5, 5.41) is 12.5. The lowest BCUT2D eigenvalue weighted by atomic mass is 10.1. The number of carbonyl (C=O) groups is 2. The number of methoxy groups -OCH3 is 1. The normalized spacial score (nSPS) is 13.6. The molecule has 0 aliphatic carbocycles. The van der Waals surface area contributed by atoms with E-state index in [1.165, 1.54) is 11.3 Å². The Balaban J connectivity index is 1.20. The first-order chi connectivity index (χ1) is 17.0. The van der Waals surface area contributed by atoms with Crippen molar-refractivity contribution >= 4 is 49.9 Å². The van der Waals surface area contributed by atoms with Gasteiger partial charge in [0.2, 0.25) is 0 Å². The van der Waals surface area contributed by atoms with E-state index in [0.717, 1.165) is 47.8 Å². The van der Waals surface area contributed by atoms with Gasteiger partial charge in [-0.1, -0.05) is 17.4 Å². The molecule has 35 heavy (non-hydrogen) atoms. The second kappa shape index (κ2) is 9.63. The third kappa shape index (κ3) is 4.76. The SMILES string of the molecule is COc1cccc2sc(NC(=O)c3ccc(N4CCN(c5ccc(C(=O)O)cc5)CC4)cc3)nc12. The third-order valence-corrected chi connectivity index (χ3v) is 7.01. The number of carboxylic acids is 1. The zero-order chi connectivity index (χ0) is 24.4. The summed E-state index contributed by atoms with van der Waals surface area (Å²) < 4.78 is 6.30. The van der Waals surface area contributed by atoms with Crippen LogP contribution in [0.25, 0.3) is 10.2 Å². The van der Waals surface area contributed by atoms with Gasteiger partial charge in [0.25, 0.3) is 5.91 Å². The molecule has 1 saturated heterocycles. The number of ether oxygens (including phenoxy) is 1. The Kier molecular flexibility index (Phi) is 6.24. The molecule has 1 aliphatic rings. The van der Waals surface area contributed by atoms with Crippen molar-refractivity contribution in [2.45, 2.75) is 0 Å².